The van der Waals surface area contributed by atoms with Crippen LogP contribution in [0.3, 0.4) is 0 Å². The number of hydrogen-bond acceptors (Lipinski definition) is 3. The molecule has 6 nitrogen and oxygen atoms in total. The summed E-state index contributed by atoms with van der Waals surface area (Å²) in [6.45, 7) is 4.45. The van der Waals surface area contributed by atoms with Crippen molar-refractivity contribution in [2.75, 3.05) is 28.6 Å². The van der Waals surface area contributed by atoms with Crippen LogP contribution in [0.5, 0.6) is 0 Å². The van der Waals surface area contributed by atoms with Gasteiger partial charge in [-0.2, -0.15) is 0 Å². The second-order valence-corrected chi connectivity index (χ2v) is 6.74. The number of urea groups is 1. The minimum Gasteiger partial charge on any atom is -0.372 e. The van der Waals surface area contributed by atoms with Crippen molar-refractivity contribution < 1.29 is 9.59 Å². The topological polar surface area (TPSA) is 87.5 Å². The number of amides is 3. The lowest BCUT2D eigenvalue weighted by molar-refractivity contribution is 0.102. The molecule has 2 aromatic rings. The third-order valence-electron chi connectivity index (χ3n) is 4.67. The second kappa shape index (κ2) is 7.91. The lowest BCUT2D eigenvalue weighted by Gasteiger charge is -2.32. The molecule has 1 aliphatic rings. The number of carbonyl (C=O) groups excluding carboxylic acids is 2. The zero-order chi connectivity index (χ0) is 18.5. The molecule has 4 N–H and O–H groups in total. The predicted octanol–water partition coefficient (Wildman–Crippen LogP) is 3.67. The molecule has 1 aliphatic heterocycles. The molecule has 0 bridgehead atoms. The van der Waals surface area contributed by atoms with Crippen LogP contribution >= 0.6 is 0 Å². The highest BCUT2D eigenvalue weighted by molar-refractivity contribution is 6.05. The number of anilines is 3. The summed E-state index contributed by atoms with van der Waals surface area (Å²) in [4.78, 5) is 25.7. The van der Waals surface area contributed by atoms with Gasteiger partial charge in [-0.15, -0.1) is 0 Å². The Labute approximate surface area is 153 Å². The lowest BCUT2D eigenvalue weighted by Crippen LogP contribution is -2.32. The van der Waals surface area contributed by atoms with Gasteiger partial charge in [0.25, 0.3) is 5.91 Å². The number of nitrogens with one attached hydrogen (secondary N) is 2. The van der Waals surface area contributed by atoms with Gasteiger partial charge in [0.1, 0.15) is 0 Å². The van der Waals surface area contributed by atoms with E-state index in [2.05, 4.69) is 22.5 Å². The molecule has 0 atom stereocenters. The lowest BCUT2D eigenvalue weighted by atomic mass is 9.99. The van der Waals surface area contributed by atoms with E-state index in [9.17, 15) is 9.59 Å². The average molecular weight is 352 g/mol. The van der Waals surface area contributed by atoms with Crippen molar-refractivity contribution in [1.29, 1.82) is 0 Å². The quantitative estimate of drug-likeness (QED) is 0.784. The van der Waals surface area contributed by atoms with Crippen LogP contribution in [0.15, 0.2) is 48.5 Å². The summed E-state index contributed by atoms with van der Waals surface area (Å²) in [5.74, 6) is 0.558. The fourth-order valence-electron chi connectivity index (χ4n) is 3.11. The molecule has 6 heteroatoms. The van der Waals surface area contributed by atoms with Gasteiger partial charge >= 0.3 is 6.03 Å². The van der Waals surface area contributed by atoms with E-state index in [-0.39, 0.29) is 5.91 Å². The van der Waals surface area contributed by atoms with Crippen LogP contribution in [0, 0.1) is 5.92 Å². The summed E-state index contributed by atoms with van der Waals surface area (Å²) >= 11 is 0. The minimum atomic E-state index is -0.662. The Morgan fingerprint density at radius 2 is 1.69 bits per heavy atom. The average Bonchev–Trinajstić information content (AvgIpc) is 2.63. The normalized spacial score (nSPS) is 14.7. The van der Waals surface area contributed by atoms with E-state index in [1.807, 2.05) is 24.3 Å². The molecule has 0 saturated carbocycles. The van der Waals surface area contributed by atoms with E-state index < -0.39 is 6.03 Å². The van der Waals surface area contributed by atoms with Crippen molar-refractivity contribution in [1.82, 2.24) is 0 Å². The molecular formula is C20H24N4O2. The Balaban J connectivity index is 1.63. The van der Waals surface area contributed by atoms with E-state index in [1.165, 1.54) is 18.5 Å². The Kier molecular flexibility index (Phi) is 5.41. The maximum atomic E-state index is 12.4. The molecule has 0 radical (unpaired) electrons. The number of nitrogens with two attached hydrogens (primary N) is 1. The van der Waals surface area contributed by atoms with Crippen LogP contribution in [0.25, 0.3) is 0 Å². The summed E-state index contributed by atoms with van der Waals surface area (Å²) in [6.07, 6.45) is 2.43. The summed E-state index contributed by atoms with van der Waals surface area (Å²) in [6, 6.07) is 13.9. The third-order valence-corrected chi connectivity index (χ3v) is 4.67. The van der Waals surface area contributed by atoms with Crippen molar-refractivity contribution in [3.05, 3.63) is 54.1 Å². The molecule has 0 aromatic heterocycles. The molecule has 136 valence electrons. The van der Waals surface area contributed by atoms with Crippen LogP contribution in [0.2, 0.25) is 0 Å². The number of nitrogens with zero attached hydrogens (tertiary/aromatic N) is 1. The highest BCUT2D eigenvalue weighted by Gasteiger charge is 2.16. The van der Waals surface area contributed by atoms with Gasteiger partial charge in [0.2, 0.25) is 0 Å². The molecular weight excluding hydrogens is 328 g/mol. The van der Waals surface area contributed by atoms with E-state index in [4.69, 9.17) is 5.73 Å². The molecule has 1 saturated heterocycles. The molecule has 0 spiro atoms. The number of primary amides is 1. The van der Waals surface area contributed by atoms with Crippen molar-refractivity contribution in [2.45, 2.75) is 19.8 Å². The molecule has 0 aliphatic carbocycles. The molecule has 1 heterocycles. The first-order valence-electron chi connectivity index (χ1n) is 8.84. The molecule has 2 aromatic carbocycles. The van der Waals surface area contributed by atoms with Crippen molar-refractivity contribution >= 4 is 29.0 Å². The molecule has 3 rings (SSSR count). The largest absolute Gasteiger partial charge is 0.372 e. The van der Waals surface area contributed by atoms with Gasteiger partial charge in [-0.25, -0.2) is 4.79 Å². The molecule has 3 amide bonds. The van der Waals surface area contributed by atoms with Gasteiger partial charge in [-0.05, 0) is 61.2 Å². The zero-order valence-corrected chi connectivity index (χ0v) is 14.9. The summed E-state index contributed by atoms with van der Waals surface area (Å²) in [5, 5.41) is 5.34. The Bertz CT molecular complexity index is 781. The van der Waals surface area contributed by atoms with Crippen molar-refractivity contribution in [3.8, 4) is 0 Å². The Morgan fingerprint density at radius 1 is 1.00 bits per heavy atom. The summed E-state index contributed by atoms with van der Waals surface area (Å²) < 4.78 is 0. The first-order chi connectivity index (χ1) is 12.5. The van der Waals surface area contributed by atoms with Gasteiger partial charge in [0.05, 0.1) is 0 Å². The number of hydrogen-bond donors (Lipinski definition) is 3. The smallest absolute Gasteiger partial charge is 0.316 e. The SMILES string of the molecule is CC1CCN(c2ccc(NC(=O)c3cccc(NC(N)=O)c3)cc2)CC1. The first kappa shape index (κ1) is 17.8. The van der Waals surface area contributed by atoms with Gasteiger partial charge in [-0.1, -0.05) is 13.0 Å². The second-order valence-electron chi connectivity index (χ2n) is 6.74. The summed E-state index contributed by atoms with van der Waals surface area (Å²) in [5.41, 5.74) is 7.95. The van der Waals surface area contributed by atoms with E-state index in [0.29, 0.717) is 11.3 Å². The van der Waals surface area contributed by atoms with Crippen LogP contribution in [0.4, 0.5) is 21.9 Å². The Morgan fingerprint density at radius 3 is 2.35 bits per heavy atom. The maximum Gasteiger partial charge on any atom is 0.316 e. The number of rotatable bonds is 4. The molecule has 1 fully saturated rings. The highest BCUT2D eigenvalue weighted by Crippen LogP contribution is 2.24. The standard InChI is InChI=1S/C20H24N4O2/c1-14-9-11-24(12-10-14)18-7-5-16(6-8-18)22-19(25)15-3-2-4-17(13-15)23-20(21)26/h2-8,13-14H,9-12H2,1H3,(H,22,25)(H3,21,23,26). The third kappa shape index (κ3) is 4.53. The fraction of sp³-hybridized carbons (Fsp3) is 0.300. The van der Waals surface area contributed by atoms with E-state index >= 15 is 0 Å². The van der Waals surface area contributed by atoms with Crippen LogP contribution in [-0.2, 0) is 0 Å². The van der Waals surface area contributed by atoms with E-state index in [1.54, 1.807) is 24.3 Å². The number of carbonyl (C=O) groups is 2. The molecule has 0 unspecified atom stereocenters. The van der Waals surface area contributed by atoms with Crippen LogP contribution in [-0.4, -0.2) is 25.0 Å². The van der Waals surface area contributed by atoms with Crippen molar-refractivity contribution in [2.24, 2.45) is 11.7 Å². The predicted molar refractivity (Wildman–Crippen MR) is 105 cm³/mol. The maximum absolute atomic E-state index is 12.4. The minimum absolute atomic E-state index is 0.238. The van der Waals surface area contributed by atoms with Gasteiger partial charge < -0.3 is 21.3 Å². The molecule has 26 heavy (non-hydrogen) atoms. The zero-order valence-electron chi connectivity index (χ0n) is 14.9. The fourth-order valence-corrected chi connectivity index (χ4v) is 3.11. The number of piperidine rings is 1. The summed E-state index contributed by atoms with van der Waals surface area (Å²) in [7, 11) is 0. The van der Waals surface area contributed by atoms with Crippen LogP contribution < -0.4 is 21.3 Å². The number of benzene rings is 2. The van der Waals surface area contributed by atoms with Gasteiger partial charge in [0, 0.05) is 35.7 Å². The van der Waals surface area contributed by atoms with Gasteiger partial charge in [0.15, 0.2) is 0 Å². The van der Waals surface area contributed by atoms with E-state index in [0.717, 1.165) is 24.7 Å². The monoisotopic (exact) mass is 352 g/mol. The van der Waals surface area contributed by atoms with Crippen LogP contribution in [0.1, 0.15) is 30.1 Å². The first-order valence-corrected chi connectivity index (χ1v) is 8.84. The highest BCUT2D eigenvalue weighted by atomic mass is 16.2. The Hall–Kier alpha value is -3.02. The van der Waals surface area contributed by atoms with Crippen molar-refractivity contribution in [3.63, 3.8) is 0 Å². The van der Waals surface area contributed by atoms with Gasteiger partial charge in [-0.3, -0.25) is 4.79 Å².